The van der Waals surface area contributed by atoms with Gasteiger partial charge >= 0.3 is 0 Å². The van der Waals surface area contributed by atoms with Crippen LogP contribution in [0.4, 0.5) is 5.69 Å². The van der Waals surface area contributed by atoms with Gasteiger partial charge in [0.25, 0.3) is 5.56 Å². The first-order valence-corrected chi connectivity index (χ1v) is 12.1. The first kappa shape index (κ1) is 25.4. The number of hydrogen-bond acceptors (Lipinski definition) is 6. The van der Waals surface area contributed by atoms with Crippen LogP contribution in [0.25, 0.3) is 0 Å². The molecule has 0 radical (unpaired) electrons. The molecule has 1 aliphatic carbocycles. The molecule has 180 valence electrons. The van der Waals surface area contributed by atoms with Crippen LogP contribution in [0.5, 0.6) is 0 Å². The zero-order valence-corrected chi connectivity index (χ0v) is 21.6. The zero-order valence-electron chi connectivity index (χ0n) is 20.0. The van der Waals surface area contributed by atoms with Crippen LogP contribution < -0.4 is 16.2 Å². The van der Waals surface area contributed by atoms with Crippen molar-refractivity contribution in [3.05, 3.63) is 51.1 Å². The predicted molar refractivity (Wildman–Crippen MR) is 132 cm³/mol. The summed E-state index contributed by atoms with van der Waals surface area (Å²) in [7, 11) is 1.73. The average Bonchev–Trinajstić information content (AvgIpc) is 2.79. The molecule has 0 unspecified atom stereocenters. The molecule has 2 N–H and O–H groups in total. The van der Waals surface area contributed by atoms with Crippen LogP contribution in [0.1, 0.15) is 39.7 Å². The molecule has 2 aromatic rings. The van der Waals surface area contributed by atoms with Crippen molar-refractivity contribution in [2.45, 2.75) is 53.2 Å². The number of ether oxygens (including phenoxy) is 1. The maximum absolute atomic E-state index is 12.9. The Morgan fingerprint density at radius 3 is 2.67 bits per heavy atom. The molecular weight excluding hydrogens is 486 g/mol. The number of carbonyl (C=O) groups is 1. The Kier molecular flexibility index (Phi) is 8.28. The van der Waals surface area contributed by atoms with Crippen molar-refractivity contribution < 1.29 is 9.53 Å². The zero-order chi connectivity index (χ0) is 24.2. The fraction of sp³-hybridized carbons (Fsp3) is 0.583. The molecule has 0 spiro atoms. The van der Waals surface area contributed by atoms with Crippen LogP contribution in [0, 0.1) is 23.2 Å². The lowest BCUT2D eigenvalue weighted by Gasteiger charge is -2.50. The number of nitrogens with zero attached hydrogens (tertiary/aromatic N) is 3. The molecule has 9 heteroatoms. The molecular formula is C24H34BrN5O3. The van der Waals surface area contributed by atoms with Crippen LogP contribution in [0.3, 0.4) is 0 Å². The van der Waals surface area contributed by atoms with Crippen molar-refractivity contribution in [3.8, 4) is 0 Å². The van der Waals surface area contributed by atoms with Gasteiger partial charge in [-0.25, -0.2) is 4.68 Å². The quantitative estimate of drug-likeness (QED) is 0.554. The normalized spacial score (nSPS) is 24.3. The van der Waals surface area contributed by atoms with Gasteiger partial charge in [0.2, 0.25) is 5.91 Å². The number of methoxy groups -OCH3 is 1. The van der Waals surface area contributed by atoms with Crippen molar-refractivity contribution in [2.75, 3.05) is 19.0 Å². The summed E-state index contributed by atoms with van der Waals surface area (Å²) in [5.74, 6) is 0.963. The van der Waals surface area contributed by atoms with E-state index in [-0.39, 0.29) is 29.5 Å². The molecule has 0 aromatic carbocycles. The number of rotatable bonds is 8. The Hall–Kier alpha value is -2.26. The third kappa shape index (κ3) is 5.81. The second-order valence-corrected chi connectivity index (χ2v) is 10.4. The molecule has 8 nitrogen and oxygen atoms in total. The van der Waals surface area contributed by atoms with Crippen LogP contribution in [-0.4, -0.2) is 40.4 Å². The third-order valence-electron chi connectivity index (χ3n) is 7.43. The highest BCUT2D eigenvalue weighted by Crippen LogP contribution is 2.48. The summed E-state index contributed by atoms with van der Waals surface area (Å²) >= 11 is 3.43. The monoisotopic (exact) mass is 519 g/mol. The predicted octanol–water partition coefficient (Wildman–Crippen LogP) is 3.46. The average molecular weight is 520 g/mol. The highest BCUT2D eigenvalue weighted by molar-refractivity contribution is 9.10. The Balaban J connectivity index is 1.70. The smallest absolute Gasteiger partial charge is 0.283 e. The molecule has 0 bridgehead atoms. The topological polar surface area (TPSA) is 98.1 Å². The van der Waals surface area contributed by atoms with Gasteiger partial charge in [-0.3, -0.25) is 14.6 Å². The maximum Gasteiger partial charge on any atom is 0.283 e. The van der Waals surface area contributed by atoms with Gasteiger partial charge in [-0.1, -0.05) is 27.7 Å². The van der Waals surface area contributed by atoms with Crippen LogP contribution in [-0.2, 0) is 22.6 Å². The van der Waals surface area contributed by atoms with Gasteiger partial charge in [-0.15, -0.1) is 0 Å². The largest absolute Gasteiger partial charge is 0.384 e. The van der Waals surface area contributed by atoms with Crippen LogP contribution >= 0.6 is 15.9 Å². The van der Waals surface area contributed by atoms with Gasteiger partial charge < -0.3 is 15.4 Å². The molecule has 1 fully saturated rings. The molecule has 1 saturated carbocycles. The van der Waals surface area contributed by atoms with Gasteiger partial charge in [0.1, 0.15) is 11.0 Å². The summed E-state index contributed by atoms with van der Waals surface area (Å²) in [6, 6.07) is 3.80. The highest BCUT2D eigenvalue weighted by Gasteiger charge is 2.45. The summed E-state index contributed by atoms with van der Waals surface area (Å²) in [4.78, 5) is 29.2. The minimum Gasteiger partial charge on any atom is -0.384 e. The lowest BCUT2D eigenvalue weighted by molar-refractivity contribution is -0.122. The van der Waals surface area contributed by atoms with E-state index in [1.165, 1.54) is 4.68 Å². The fourth-order valence-electron chi connectivity index (χ4n) is 4.60. The summed E-state index contributed by atoms with van der Waals surface area (Å²) in [6.45, 7) is 10.1. The van der Waals surface area contributed by atoms with Crippen molar-refractivity contribution in [1.82, 2.24) is 20.1 Å². The number of amides is 1. The lowest BCUT2D eigenvalue weighted by atomic mass is 9.58. The van der Waals surface area contributed by atoms with Gasteiger partial charge in [0, 0.05) is 38.0 Å². The molecule has 33 heavy (non-hydrogen) atoms. The summed E-state index contributed by atoms with van der Waals surface area (Å²) < 4.78 is 7.08. The molecule has 4 atom stereocenters. The van der Waals surface area contributed by atoms with E-state index in [1.807, 2.05) is 12.1 Å². The van der Waals surface area contributed by atoms with E-state index in [0.29, 0.717) is 41.1 Å². The van der Waals surface area contributed by atoms with E-state index < -0.39 is 0 Å². The summed E-state index contributed by atoms with van der Waals surface area (Å²) in [5, 5.41) is 10.6. The number of anilines is 1. The highest BCUT2D eigenvalue weighted by atomic mass is 79.9. The Bertz CT molecular complexity index is 1010. The number of nitrogens with one attached hydrogen (secondary N) is 2. The van der Waals surface area contributed by atoms with Crippen molar-refractivity contribution in [1.29, 1.82) is 0 Å². The van der Waals surface area contributed by atoms with E-state index in [1.54, 1.807) is 25.7 Å². The number of carbonyl (C=O) groups excluding carboxylic acids is 1. The number of pyridine rings is 1. The Morgan fingerprint density at radius 2 is 2.00 bits per heavy atom. The number of aromatic nitrogens is 3. The minimum atomic E-state index is -0.348. The van der Waals surface area contributed by atoms with Crippen molar-refractivity contribution >= 4 is 27.5 Å². The van der Waals surface area contributed by atoms with Crippen molar-refractivity contribution in [3.63, 3.8) is 0 Å². The second kappa shape index (κ2) is 10.8. The number of halogens is 1. The molecule has 2 heterocycles. The van der Waals surface area contributed by atoms with E-state index in [2.05, 4.69) is 64.3 Å². The summed E-state index contributed by atoms with van der Waals surface area (Å²) in [5.41, 5.74) is 1.42. The second-order valence-electron chi connectivity index (χ2n) is 9.58. The molecule has 0 saturated heterocycles. The Labute approximate surface area is 203 Å². The van der Waals surface area contributed by atoms with Gasteiger partial charge in [0.05, 0.1) is 18.5 Å². The molecule has 2 aromatic heterocycles. The molecule has 1 aliphatic rings. The van der Waals surface area contributed by atoms with Crippen LogP contribution in [0.2, 0.25) is 0 Å². The maximum atomic E-state index is 12.9. The van der Waals surface area contributed by atoms with Crippen LogP contribution in [0.15, 0.2) is 40.0 Å². The SMILES string of the molecule is COC[C@@H]1[C@@H](C)C(C)(C)[C@@H](C)C[C@H]1Nc1cnn(CC(=O)NCc2ccncc2)c(=O)c1Br. The minimum absolute atomic E-state index is 0.152. The lowest BCUT2D eigenvalue weighted by Crippen LogP contribution is -2.50. The molecule has 0 aliphatic heterocycles. The van der Waals surface area contributed by atoms with Crippen molar-refractivity contribution in [2.24, 2.45) is 23.2 Å². The van der Waals surface area contributed by atoms with Gasteiger partial charge in [0.15, 0.2) is 0 Å². The van der Waals surface area contributed by atoms with E-state index >= 15 is 0 Å². The summed E-state index contributed by atoms with van der Waals surface area (Å²) in [6.07, 6.45) is 5.92. The molecule has 1 amide bonds. The standard InChI is InChI=1S/C24H34BrN5O3/c1-15-10-19(18(14-33-5)16(2)24(15,3)4)29-20-12-28-30(23(32)22(20)25)13-21(31)27-11-17-6-8-26-9-7-17/h6-9,12,15-16,18-19,29H,10-11,13-14H2,1-5H3,(H,27,31)/t15-,16+,18+,19+/m0/s1. The number of hydrogen-bond donors (Lipinski definition) is 2. The Morgan fingerprint density at radius 1 is 1.30 bits per heavy atom. The molecule has 3 rings (SSSR count). The van der Waals surface area contributed by atoms with E-state index in [4.69, 9.17) is 4.74 Å². The van der Waals surface area contributed by atoms with Gasteiger partial charge in [-0.2, -0.15) is 5.10 Å². The third-order valence-corrected chi connectivity index (χ3v) is 8.19. The van der Waals surface area contributed by atoms with E-state index in [9.17, 15) is 9.59 Å². The fourth-order valence-corrected chi connectivity index (χ4v) is 5.02. The first-order valence-electron chi connectivity index (χ1n) is 11.3. The van der Waals surface area contributed by atoms with E-state index in [0.717, 1.165) is 12.0 Å². The first-order chi connectivity index (χ1) is 15.6. The van der Waals surface area contributed by atoms with Gasteiger partial charge in [-0.05, 0) is 57.3 Å².